The molecule has 1 N–H and O–H groups in total. The highest BCUT2D eigenvalue weighted by Crippen LogP contribution is 2.21. The van der Waals surface area contributed by atoms with Crippen LogP contribution in [0, 0.1) is 0 Å². The number of nitrogens with one attached hydrogen (secondary N) is 1. The molecule has 0 aliphatic carbocycles. The Morgan fingerprint density at radius 3 is 2.37 bits per heavy atom. The Morgan fingerprint density at radius 2 is 1.70 bits per heavy atom. The second kappa shape index (κ2) is 9.69. The minimum absolute atomic E-state index is 0.0687. The molecule has 0 spiro atoms. The fraction of sp³-hybridized carbons (Fsp3) is 0.208. The average molecular weight is 402 g/mol. The third kappa shape index (κ3) is 4.66. The summed E-state index contributed by atoms with van der Waals surface area (Å²) in [5.74, 6) is 0.375. The number of hydrogen-bond donors (Lipinski definition) is 1. The van der Waals surface area contributed by atoms with Crippen LogP contribution in [0.3, 0.4) is 0 Å². The molecule has 0 saturated heterocycles. The van der Waals surface area contributed by atoms with Crippen LogP contribution >= 0.6 is 0 Å². The molecule has 2 amide bonds. The van der Waals surface area contributed by atoms with Crippen molar-refractivity contribution in [3.63, 3.8) is 0 Å². The van der Waals surface area contributed by atoms with Gasteiger partial charge in [0.25, 0.3) is 5.91 Å². The molecule has 0 aliphatic heterocycles. The number of benzene rings is 2. The Labute approximate surface area is 176 Å². The Bertz CT molecular complexity index is 1050. The second-order valence-electron chi connectivity index (χ2n) is 6.98. The lowest BCUT2D eigenvalue weighted by Gasteiger charge is -2.22. The maximum Gasteiger partial charge on any atom is 0.251 e. The number of carbonyl (C=O) groups is 2. The largest absolute Gasteiger partial charge is 0.342 e. The van der Waals surface area contributed by atoms with Crippen molar-refractivity contribution in [2.75, 3.05) is 13.1 Å². The number of para-hydroxylation sites is 2. The highest BCUT2D eigenvalue weighted by Gasteiger charge is 2.22. The summed E-state index contributed by atoms with van der Waals surface area (Å²) in [5, 5.41) is 2.99. The molecule has 1 heterocycles. The highest BCUT2D eigenvalue weighted by molar-refractivity contribution is 5.94. The van der Waals surface area contributed by atoms with E-state index in [0.717, 1.165) is 11.0 Å². The molecule has 0 saturated carbocycles. The molecule has 0 fully saturated rings. The van der Waals surface area contributed by atoms with E-state index in [0.29, 0.717) is 24.5 Å². The van der Waals surface area contributed by atoms with Crippen molar-refractivity contribution in [1.29, 1.82) is 0 Å². The minimum atomic E-state index is -0.384. The SMILES string of the molecule is C=CCN(CC=C)C(=O)Cn1c(C(C)NC(=O)c2ccccc2)nc2ccccc21. The molecule has 1 unspecified atom stereocenters. The van der Waals surface area contributed by atoms with Crippen LogP contribution in [0.1, 0.15) is 29.1 Å². The van der Waals surface area contributed by atoms with Crippen LogP contribution in [0.2, 0.25) is 0 Å². The summed E-state index contributed by atoms with van der Waals surface area (Å²) in [5.41, 5.74) is 2.20. The molecular weight excluding hydrogens is 376 g/mol. The summed E-state index contributed by atoms with van der Waals surface area (Å²) in [6.07, 6.45) is 3.38. The van der Waals surface area contributed by atoms with E-state index in [1.54, 1.807) is 29.2 Å². The number of carbonyl (C=O) groups excluding carboxylic acids is 2. The Hall–Kier alpha value is -3.67. The summed E-state index contributed by atoms with van der Waals surface area (Å²) in [6.45, 7) is 10.3. The molecule has 6 nitrogen and oxygen atoms in total. The van der Waals surface area contributed by atoms with Crippen LogP contribution in [-0.2, 0) is 11.3 Å². The van der Waals surface area contributed by atoms with Gasteiger partial charge in [0.2, 0.25) is 5.91 Å². The normalized spacial score (nSPS) is 11.6. The smallest absolute Gasteiger partial charge is 0.251 e. The van der Waals surface area contributed by atoms with Gasteiger partial charge in [-0.15, -0.1) is 13.2 Å². The lowest BCUT2D eigenvalue weighted by atomic mass is 10.2. The number of fused-ring (bicyclic) bond motifs is 1. The van der Waals surface area contributed by atoms with Crippen LogP contribution in [0.5, 0.6) is 0 Å². The van der Waals surface area contributed by atoms with Gasteiger partial charge in [0.15, 0.2) is 0 Å². The number of rotatable bonds is 9. The Morgan fingerprint density at radius 1 is 1.07 bits per heavy atom. The van der Waals surface area contributed by atoms with Gasteiger partial charge in [-0.3, -0.25) is 9.59 Å². The lowest BCUT2D eigenvalue weighted by Crippen LogP contribution is -2.35. The van der Waals surface area contributed by atoms with Crippen molar-refractivity contribution in [2.45, 2.75) is 19.5 Å². The zero-order chi connectivity index (χ0) is 21.5. The molecule has 2 aromatic carbocycles. The van der Waals surface area contributed by atoms with Crippen molar-refractivity contribution >= 4 is 22.8 Å². The molecule has 0 radical (unpaired) electrons. The predicted molar refractivity (Wildman–Crippen MR) is 119 cm³/mol. The lowest BCUT2D eigenvalue weighted by molar-refractivity contribution is -0.130. The molecule has 1 aromatic heterocycles. The van der Waals surface area contributed by atoms with Gasteiger partial charge in [0, 0.05) is 18.7 Å². The monoisotopic (exact) mass is 402 g/mol. The van der Waals surface area contributed by atoms with Gasteiger partial charge in [-0.25, -0.2) is 4.98 Å². The van der Waals surface area contributed by atoms with Crippen LogP contribution in [0.25, 0.3) is 11.0 Å². The van der Waals surface area contributed by atoms with E-state index in [9.17, 15) is 9.59 Å². The van der Waals surface area contributed by atoms with E-state index in [2.05, 4.69) is 18.5 Å². The molecular formula is C24H26N4O2. The highest BCUT2D eigenvalue weighted by atomic mass is 16.2. The summed E-state index contributed by atoms with van der Waals surface area (Å²) in [7, 11) is 0. The van der Waals surface area contributed by atoms with Gasteiger partial charge in [-0.2, -0.15) is 0 Å². The van der Waals surface area contributed by atoms with E-state index in [1.807, 2.05) is 54.0 Å². The topological polar surface area (TPSA) is 67.2 Å². The number of aromatic nitrogens is 2. The minimum Gasteiger partial charge on any atom is -0.342 e. The zero-order valence-corrected chi connectivity index (χ0v) is 17.1. The van der Waals surface area contributed by atoms with Crippen molar-refractivity contribution in [1.82, 2.24) is 19.8 Å². The van der Waals surface area contributed by atoms with E-state index in [4.69, 9.17) is 4.98 Å². The van der Waals surface area contributed by atoms with Gasteiger partial charge < -0.3 is 14.8 Å². The molecule has 3 rings (SSSR count). The zero-order valence-electron chi connectivity index (χ0n) is 17.1. The Kier molecular flexibility index (Phi) is 6.80. The molecule has 30 heavy (non-hydrogen) atoms. The maximum atomic E-state index is 12.9. The summed E-state index contributed by atoms with van der Waals surface area (Å²) < 4.78 is 1.87. The van der Waals surface area contributed by atoms with Crippen molar-refractivity contribution in [3.8, 4) is 0 Å². The summed E-state index contributed by atoms with van der Waals surface area (Å²) >= 11 is 0. The summed E-state index contributed by atoms with van der Waals surface area (Å²) in [4.78, 5) is 31.9. The first-order valence-electron chi connectivity index (χ1n) is 9.85. The number of imidazole rings is 1. The van der Waals surface area contributed by atoms with Gasteiger partial charge in [0.05, 0.1) is 17.1 Å². The van der Waals surface area contributed by atoms with Crippen LogP contribution in [-0.4, -0.2) is 39.4 Å². The molecule has 1 atom stereocenters. The number of hydrogen-bond acceptors (Lipinski definition) is 3. The van der Waals surface area contributed by atoms with Crippen LogP contribution < -0.4 is 5.32 Å². The molecule has 0 aliphatic rings. The number of amides is 2. The van der Waals surface area contributed by atoms with Gasteiger partial charge >= 0.3 is 0 Å². The predicted octanol–water partition coefficient (Wildman–Crippen LogP) is 3.73. The van der Waals surface area contributed by atoms with Crippen molar-refractivity contribution < 1.29 is 9.59 Å². The third-order valence-electron chi connectivity index (χ3n) is 4.80. The fourth-order valence-corrected chi connectivity index (χ4v) is 3.35. The first-order chi connectivity index (χ1) is 14.5. The van der Waals surface area contributed by atoms with Gasteiger partial charge in [0.1, 0.15) is 12.4 Å². The van der Waals surface area contributed by atoms with Gasteiger partial charge in [-0.1, -0.05) is 42.5 Å². The van der Waals surface area contributed by atoms with E-state index >= 15 is 0 Å². The first kappa shape index (κ1) is 21.0. The van der Waals surface area contributed by atoms with E-state index < -0.39 is 0 Å². The first-order valence-corrected chi connectivity index (χ1v) is 9.85. The van der Waals surface area contributed by atoms with Crippen LogP contribution in [0.4, 0.5) is 0 Å². The molecule has 0 bridgehead atoms. The molecule has 6 heteroatoms. The third-order valence-corrected chi connectivity index (χ3v) is 4.80. The maximum absolute atomic E-state index is 12.9. The van der Waals surface area contributed by atoms with Gasteiger partial charge in [-0.05, 0) is 31.2 Å². The van der Waals surface area contributed by atoms with Crippen LogP contribution in [0.15, 0.2) is 79.9 Å². The average Bonchev–Trinajstić information content (AvgIpc) is 3.12. The molecule has 154 valence electrons. The number of nitrogens with zero attached hydrogens (tertiary/aromatic N) is 3. The second-order valence-corrected chi connectivity index (χ2v) is 6.98. The summed E-state index contributed by atoms with van der Waals surface area (Å²) in [6, 6.07) is 16.3. The fourth-order valence-electron chi connectivity index (χ4n) is 3.35. The quantitative estimate of drug-likeness (QED) is 0.555. The van der Waals surface area contributed by atoms with E-state index in [1.165, 1.54) is 0 Å². The standard InChI is InChI=1S/C24H26N4O2/c1-4-15-27(16-5-2)22(29)17-28-21-14-10-9-13-20(21)26-23(28)18(3)25-24(30)19-11-7-6-8-12-19/h4-14,18H,1-2,15-17H2,3H3,(H,25,30). The van der Waals surface area contributed by atoms with E-state index in [-0.39, 0.29) is 24.4 Å². The molecule has 3 aromatic rings. The van der Waals surface area contributed by atoms with Crippen molar-refractivity contribution in [3.05, 3.63) is 91.3 Å². The van der Waals surface area contributed by atoms with Crippen molar-refractivity contribution in [2.24, 2.45) is 0 Å². The Balaban J connectivity index is 1.91.